The zero-order valence-corrected chi connectivity index (χ0v) is 8.28. The van der Waals surface area contributed by atoms with Crippen LogP contribution in [0.5, 0.6) is 0 Å². The van der Waals surface area contributed by atoms with Gasteiger partial charge in [0.2, 0.25) is 6.43 Å². The van der Waals surface area contributed by atoms with Crippen LogP contribution in [0.1, 0.15) is 29.1 Å². The zero-order valence-electron chi connectivity index (χ0n) is 7.47. The van der Waals surface area contributed by atoms with Crippen molar-refractivity contribution in [2.75, 3.05) is 0 Å². The molecule has 0 aromatic carbocycles. The highest BCUT2D eigenvalue weighted by Crippen LogP contribution is 2.25. The second kappa shape index (κ2) is 4.67. The first-order chi connectivity index (χ1) is 6.13. The first-order valence-electron chi connectivity index (χ1n) is 4.25. The van der Waals surface area contributed by atoms with Gasteiger partial charge in [0.1, 0.15) is 0 Å². The van der Waals surface area contributed by atoms with Gasteiger partial charge < -0.3 is 5.73 Å². The molecule has 0 spiro atoms. The molecular weight excluding hydrogens is 192 g/mol. The van der Waals surface area contributed by atoms with Crippen molar-refractivity contribution in [3.63, 3.8) is 0 Å². The van der Waals surface area contributed by atoms with Gasteiger partial charge in [0.05, 0.1) is 0 Å². The molecule has 74 valence electrons. The molecule has 0 saturated carbocycles. The van der Waals surface area contributed by atoms with E-state index in [0.717, 1.165) is 11.3 Å². The van der Waals surface area contributed by atoms with Crippen molar-refractivity contribution in [3.8, 4) is 0 Å². The topological polar surface area (TPSA) is 26.0 Å². The van der Waals surface area contributed by atoms with Crippen LogP contribution >= 0.6 is 11.3 Å². The molecule has 0 amide bonds. The van der Waals surface area contributed by atoms with Crippen molar-refractivity contribution in [3.05, 3.63) is 21.9 Å². The highest BCUT2D eigenvalue weighted by Gasteiger charge is 2.14. The molecule has 0 bridgehead atoms. The molecule has 1 aromatic rings. The van der Waals surface area contributed by atoms with Crippen LogP contribution in [-0.2, 0) is 6.42 Å². The van der Waals surface area contributed by atoms with Crippen LogP contribution in [0.15, 0.2) is 12.1 Å². The first kappa shape index (κ1) is 10.6. The number of nitrogens with two attached hydrogens (primary N) is 1. The fourth-order valence-corrected chi connectivity index (χ4v) is 2.06. The van der Waals surface area contributed by atoms with E-state index in [4.69, 9.17) is 5.73 Å². The van der Waals surface area contributed by atoms with Gasteiger partial charge in [-0.1, -0.05) is 6.92 Å². The van der Waals surface area contributed by atoms with Crippen LogP contribution in [0, 0.1) is 0 Å². The van der Waals surface area contributed by atoms with Gasteiger partial charge in [-0.15, -0.1) is 11.3 Å². The molecule has 0 aliphatic rings. The maximum atomic E-state index is 12.0. The molecule has 1 heterocycles. The molecular formula is C9H13F2NS. The Hall–Kier alpha value is -0.480. The number of thiophene rings is 1. The van der Waals surface area contributed by atoms with Gasteiger partial charge in [-0.25, -0.2) is 8.78 Å². The Morgan fingerprint density at radius 1 is 1.46 bits per heavy atom. The van der Waals surface area contributed by atoms with Crippen LogP contribution in [0.25, 0.3) is 0 Å². The summed E-state index contributed by atoms with van der Waals surface area (Å²) in [6.45, 7) is 2.04. The summed E-state index contributed by atoms with van der Waals surface area (Å²) in [6, 6.07) is 3.28. The summed E-state index contributed by atoms with van der Waals surface area (Å²) in [7, 11) is 0. The molecule has 0 aliphatic carbocycles. The van der Waals surface area contributed by atoms with Crippen molar-refractivity contribution >= 4 is 11.3 Å². The van der Waals surface area contributed by atoms with Gasteiger partial charge in [-0.2, -0.15) is 0 Å². The monoisotopic (exact) mass is 205 g/mol. The Kier molecular flexibility index (Phi) is 3.81. The number of aryl methyl sites for hydroxylation is 1. The molecule has 0 unspecified atom stereocenters. The predicted molar refractivity (Wildman–Crippen MR) is 51.2 cm³/mol. The normalized spacial score (nSPS) is 13.6. The van der Waals surface area contributed by atoms with E-state index in [1.807, 2.05) is 19.1 Å². The van der Waals surface area contributed by atoms with E-state index in [-0.39, 0.29) is 6.42 Å². The lowest BCUT2D eigenvalue weighted by Gasteiger charge is -2.07. The van der Waals surface area contributed by atoms with Gasteiger partial charge in [0.15, 0.2) is 0 Å². The second-order valence-electron chi connectivity index (χ2n) is 2.89. The fraction of sp³-hybridized carbons (Fsp3) is 0.556. The highest BCUT2D eigenvalue weighted by molar-refractivity contribution is 7.12. The van der Waals surface area contributed by atoms with Gasteiger partial charge >= 0.3 is 0 Å². The molecule has 0 aliphatic heterocycles. The number of alkyl halides is 2. The number of hydrogen-bond acceptors (Lipinski definition) is 2. The minimum atomic E-state index is -2.32. The van der Waals surface area contributed by atoms with Crippen molar-refractivity contribution in [2.24, 2.45) is 5.73 Å². The van der Waals surface area contributed by atoms with Crippen molar-refractivity contribution in [2.45, 2.75) is 32.2 Å². The molecule has 1 nitrogen and oxygen atoms in total. The van der Waals surface area contributed by atoms with Crippen LogP contribution in [0.2, 0.25) is 0 Å². The van der Waals surface area contributed by atoms with Crippen molar-refractivity contribution < 1.29 is 8.78 Å². The van der Waals surface area contributed by atoms with Gasteiger partial charge in [0, 0.05) is 22.2 Å². The van der Waals surface area contributed by atoms with Crippen LogP contribution < -0.4 is 5.73 Å². The largest absolute Gasteiger partial charge is 0.323 e. The van der Waals surface area contributed by atoms with E-state index in [1.54, 1.807) is 0 Å². The smallest absolute Gasteiger partial charge is 0.240 e. The lowest BCUT2D eigenvalue weighted by atomic mass is 10.2. The Labute approximate surface area is 80.6 Å². The van der Waals surface area contributed by atoms with E-state index in [9.17, 15) is 8.78 Å². The Bertz CT molecular complexity index is 260. The van der Waals surface area contributed by atoms with Crippen LogP contribution in [0.3, 0.4) is 0 Å². The summed E-state index contributed by atoms with van der Waals surface area (Å²) in [6.07, 6.45) is -1.63. The Morgan fingerprint density at radius 2 is 2.15 bits per heavy atom. The summed E-state index contributed by atoms with van der Waals surface area (Å²) in [5, 5.41) is 0. The third kappa shape index (κ3) is 3.04. The minimum Gasteiger partial charge on any atom is -0.323 e. The summed E-state index contributed by atoms with van der Waals surface area (Å²) < 4.78 is 24.0. The molecule has 2 N–H and O–H groups in total. The number of halogens is 2. The van der Waals surface area contributed by atoms with Crippen LogP contribution in [-0.4, -0.2) is 6.43 Å². The molecule has 4 heteroatoms. The maximum absolute atomic E-state index is 12.0. The lowest BCUT2D eigenvalue weighted by molar-refractivity contribution is 0.129. The standard InChI is InChI=1S/C9H13F2NS/c1-2-6-3-4-8(13-6)7(12)5-9(10)11/h3-4,7,9H,2,5,12H2,1H3/t7-/m0/s1. The molecule has 1 atom stereocenters. The lowest BCUT2D eigenvalue weighted by Crippen LogP contribution is -2.12. The van der Waals surface area contributed by atoms with E-state index in [2.05, 4.69) is 0 Å². The maximum Gasteiger partial charge on any atom is 0.240 e. The Morgan fingerprint density at radius 3 is 2.62 bits per heavy atom. The molecule has 1 rings (SSSR count). The molecule has 0 radical (unpaired) electrons. The van der Waals surface area contributed by atoms with Gasteiger partial charge in [0.25, 0.3) is 0 Å². The average Bonchev–Trinajstić information content (AvgIpc) is 2.50. The summed E-state index contributed by atoms with van der Waals surface area (Å²) >= 11 is 1.52. The second-order valence-corrected chi connectivity index (χ2v) is 4.09. The SMILES string of the molecule is CCc1ccc([C@@H](N)CC(F)F)s1. The zero-order chi connectivity index (χ0) is 9.84. The van der Waals surface area contributed by atoms with E-state index < -0.39 is 12.5 Å². The average molecular weight is 205 g/mol. The van der Waals surface area contributed by atoms with Crippen molar-refractivity contribution in [1.82, 2.24) is 0 Å². The summed E-state index contributed by atoms with van der Waals surface area (Å²) in [5.74, 6) is 0. The number of hydrogen-bond donors (Lipinski definition) is 1. The summed E-state index contributed by atoms with van der Waals surface area (Å²) in [4.78, 5) is 2.05. The first-order valence-corrected chi connectivity index (χ1v) is 5.07. The minimum absolute atomic E-state index is 0.246. The molecule has 1 aromatic heterocycles. The van der Waals surface area contributed by atoms with E-state index >= 15 is 0 Å². The fourth-order valence-electron chi connectivity index (χ4n) is 1.09. The third-order valence-corrected chi connectivity index (χ3v) is 3.19. The highest BCUT2D eigenvalue weighted by atomic mass is 32.1. The van der Waals surface area contributed by atoms with Crippen molar-refractivity contribution in [1.29, 1.82) is 0 Å². The van der Waals surface area contributed by atoms with Gasteiger partial charge in [-0.3, -0.25) is 0 Å². The van der Waals surface area contributed by atoms with E-state index in [1.165, 1.54) is 16.2 Å². The molecule has 0 saturated heterocycles. The van der Waals surface area contributed by atoms with E-state index in [0.29, 0.717) is 0 Å². The quantitative estimate of drug-likeness (QED) is 0.803. The predicted octanol–water partition coefficient (Wildman–Crippen LogP) is 2.97. The third-order valence-electron chi connectivity index (χ3n) is 1.83. The molecule has 0 fully saturated rings. The molecule has 13 heavy (non-hydrogen) atoms. The Balaban J connectivity index is 2.60. The van der Waals surface area contributed by atoms with Crippen LogP contribution in [0.4, 0.5) is 8.78 Å². The summed E-state index contributed by atoms with van der Waals surface area (Å²) in [5.41, 5.74) is 5.59. The number of rotatable bonds is 4. The van der Waals surface area contributed by atoms with Gasteiger partial charge in [-0.05, 0) is 18.6 Å².